The monoisotopic (exact) mass is 249 g/mol. The number of methoxy groups -OCH3 is 1. The van der Waals surface area contributed by atoms with Crippen molar-refractivity contribution in [3.63, 3.8) is 0 Å². The largest absolute Gasteiger partial charge is 0.465 e. The quantitative estimate of drug-likeness (QED) is 0.762. The molecule has 0 N–H and O–H groups in total. The number of hydrogen-bond donors (Lipinski definition) is 0. The van der Waals surface area contributed by atoms with Gasteiger partial charge in [-0.2, -0.15) is 10.4 Å². The van der Waals surface area contributed by atoms with Crippen molar-refractivity contribution in [2.75, 3.05) is 7.11 Å². The summed E-state index contributed by atoms with van der Waals surface area (Å²) < 4.78 is 6.16. The van der Waals surface area contributed by atoms with Gasteiger partial charge in [-0.1, -0.05) is 11.6 Å². The van der Waals surface area contributed by atoms with Crippen LogP contribution in [0.4, 0.5) is 0 Å². The number of rotatable bonds is 2. The normalized spacial score (nSPS) is 10.2. The van der Waals surface area contributed by atoms with Crippen LogP contribution in [0.15, 0.2) is 18.5 Å². The minimum absolute atomic E-state index is 0.110. The molecule has 2 heterocycles. The minimum Gasteiger partial charge on any atom is -0.465 e. The lowest BCUT2D eigenvalue weighted by molar-refractivity contribution is 0.0603. The van der Waals surface area contributed by atoms with Gasteiger partial charge in [0.05, 0.1) is 31.3 Å². The van der Waals surface area contributed by atoms with Crippen LogP contribution in [0.1, 0.15) is 15.9 Å². The number of fused-ring (bicyclic) bond motifs is 1. The van der Waals surface area contributed by atoms with Crippen molar-refractivity contribution in [1.82, 2.24) is 9.61 Å². The molecule has 86 valence electrons. The van der Waals surface area contributed by atoms with Gasteiger partial charge in [0.15, 0.2) is 0 Å². The Morgan fingerprint density at radius 1 is 1.71 bits per heavy atom. The highest BCUT2D eigenvalue weighted by molar-refractivity contribution is 6.32. The average Bonchev–Trinajstić information content (AvgIpc) is 2.76. The van der Waals surface area contributed by atoms with E-state index in [1.165, 1.54) is 17.8 Å². The van der Waals surface area contributed by atoms with Crippen molar-refractivity contribution in [1.29, 1.82) is 5.26 Å². The van der Waals surface area contributed by atoms with Crippen molar-refractivity contribution >= 4 is 23.1 Å². The molecule has 0 aliphatic heterocycles. The van der Waals surface area contributed by atoms with Gasteiger partial charge < -0.3 is 4.74 Å². The van der Waals surface area contributed by atoms with Crippen molar-refractivity contribution in [2.24, 2.45) is 0 Å². The Morgan fingerprint density at radius 2 is 2.47 bits per heavy atom. The third-order valence-electron chi connectivity index (χ3n) is 2.39. The van der Waals surface area contributed by atoms with Crippen LogP contribution in [0.25, 0.3) is 5.52 Å². The van der Waals surface area contributed by atoms with E-state index in [2.05, 4.69) is 9.84 Å². The Kier molecular flexibility index (Phi) is 2.98. The van der Waals surface area contributed by atoms with Gasteiger partial charge in [-0.05, 0) is 6.07 Å². The van der Waals surface area contributed by atoms with E-state index >= 15 is 0 Å². The fourth-order valence-electron chi connectivity index (χ4n) is 1.63. The fraction of sp³-hybridized carbons (Fsp3) is 0.182. The predicted molar refractivity (Wildman–Crippen MR) is 60.9 cm³/mol. The summed E-state index contributed by atoms with van der Waals surface area (Å²) in [5.74, 6) is -0.499. The molecule has 0 saturated carbocycles. The number of carbonyl (C=O) groups excluding carboxylic acids is 1. The van der Waals surface area contributed by atoms with Crippen LogP contribution in [0, 0.1) is 11.3 Å². The molecular weight excluding hydrogens is 242 g/mol. The molecule has 0 unspecified atom stereocenters. The summed E-state index contributed by atoms with van der Waals surface area (Å²) in [6, 6.07) is 3.65. The van der Waals surface area contributed by atoms with Crippen molar-refractivity contribution < 1.29 is 9.53 Å². The number of ether oxygens (including phenoxy) is 1. The van der Waals surface area contributed by atoms with E-state index in [1.54, 1.807) is 12.3 Å². The number of hydrogen-bond acceptors (Lipinski definition) is 4. The Labute approximate surface area is 102 Å². The number of carbonyl (C=O) groups is 1. The SMILES string of the molecule is COC(=O)c1cnn2ccc(Cl)c(CC#N)c12. The van der Waals surface area contributed by atoms with E-state index in [-0.39, 0.29) is 6.42 Å². The molecule has 0 aliphatic rings. The first-order valence-corrected chi connectivity index (χ1v) is 5.16. The molecule has 2 aromatic heterocycles. The number of pyridine rings is 1. The number of aromatic nitrogens is 2. The lowest BCUT2D eigenvalue weighted by atomic mass is 10.1. The first-order valence-electron chi connectivity index (χ1n) is 4.79. The zero-order valence-electron chi connectivity index (χ0n) is 8.98. The molecule has 0 radical (unpaired) electrons. The summed E-state index contributed by atoms with van der Waals surface area (Å²) in [4.78, 5) is 11.6. The van der Waals surface area contributed by atoms with Crippen molar-refractivity contribution in [2.45, 2.75) is 6.42 Å². The zero-order valence-corrected chi connectivity index (χ0v) is 9.73. The lowest BCUT2D eigenvalue weighted by Gasteiger charge is -2.04. The predicted octanol–water partition coefficient (Wildman–Crippen LogP) is 1.84. The maximum absolute atomic E-state index is 11.6. The minimum atomic E-state index is -0.499. The van der Waals surface area contributed by atoms with E-state index in [1.807, 2.05) is 6.07 Å². The Morgan fingerprint density at radius 3 is 3.12 bits per heavy atom. The average molecular weight is 250 g/mol. The van der Waals surface area contributed by atoms with E-state index in [0.717, 1.165) is 0 Å². The molecule has 0 aliphatic carbocycles. The maximum Gasteiger partial charge on any atom is 0.341 e. The lowest BCUT2D eigenvalue weighted by Crippen LogP contribution is -2.02. The highest BCUT2D eigenvalue weighted by Crippen LogP contribution is 2.24. The van der Waals surface area contributed by atoms with Gasteiger partial charge in [-0.3, -0.25) is 0 Å². The molecule has 0 atom stereocenters. The molecule has 0 spiro atoms. The molecule has 0 bridgehead atoms. The summed E-state index contributed by atoms with van der Waals surface area (Å²) in [5.41, 5.74) is 1.40. The van der Waals surface area contributed by atoms with Crippen LogP contribution in [-0.2, 0) is 11.2 Å². The third kappa shape index (κ3) is 1.83. The standard InChI is InChI=1S/C11H8ClN3O2/c1-17-11(16)8-6-14-15-5-3-9(12)7(2-4-13)10(8)15/h3,5-6H,2H2,1H3. The number of nitrogens with zero attached hydrogens (tertiary/aromatic N) is 3. The number of nitriles is 1. The van der Waals surface area contributed by atoms with Crippen LogP contribution in [0.3, 0.4) is 0 Å². The van der Waals surface area contributed by atoms with Crippen LogP contribution in [0.5, 0.6) is 0 Å². The molecule has 6 heteroatoms. The Bertz CT molecular complexity index is 627. The highest BCUT2D eigenvalue weighted by atomic mass is 35.5. The van der Waals surface area contributed by atoms with E-state index in [9.17, 15) is 4.79 Å². The molecule has 0 saturated heterocycles. The second-order valence-corrected chi connectivity index (χ2v) is 3.73. The van der Waals surface area contributed by atoms with E-state index < -0.39 is 5.97 Å². The number of halogens is 1. The first kappa shape index (κ1) is 11.4. The molecular formula is C11H8ClN3O2. The van der Waals surface area contributed by atoms with Gasteiger partial charge in [0.2, 0.25) is 0 Å². The van der Waals surface area contributed by atoms with Gasteiger partial charge in [0.1, 0.15) is 5.56 Å². The molecule has 5 nitrogen and oxygen atoms in total. The second kappa shape index (κ2) is 4.44. The fourth-order valence-corrected chi connectivity index (χ4v) is 1.85. The smallest absolute Gasteiger partial charge is 0.341 e. The van der Waals surface area contributed by atoms with Gasteiger partial charge >= 0.3 is 5.97 Å². The Balaban J connectivity index is 2.76. The van der Waals surface area contributed by atoms with Crippen LogP contribution < -0.4 is 0 Å². The van der Waals surface area contributed by atoms with Crippen LogP contribution in [-0.4, -0.2) is 22.7 Å². The first-order chi connectivity index (χ1) is 8.19. The van der Waals surface area contributed by atoms with Gasteiger partial charge in [0, 0.05) is 16.8 Å². The molecule has 0 aromatic carbocycles. The summed E-state index contributed by atoms with van der Waals surface area (Å²) in [7, 11) is 1.29. The maximum atomic E-state index is 11.6. The summed E-state index contributed by atoms with van der Waals surface area (Å²) in [6.07, 6.45) is 3.14. The van der Waals surface area contributed by atoms with Crippen molar-refractivity contribution in [3.8, 4) is 6.07 Å². The molecule has 2 aromatic rings. The zero-order chi connectivity index (χ0) is 12.4. The van der Waals surface area contributed by atoms with E-state index in [0.29, 0.717) is 21.7 Å². The van der Waals surface area contributed by atoms with Gasteiger partial charge in [0.25, 0.3) is 0 Å². The van der Waals surface area contributed by atoms with Crippen LogP contribution >= 0.6 is 11.6 Å². The second-order valence-electron chi connectivity index (χ2n) is 3.32. The summed E-state index contributed by atoms with van der Waals surface area (Å²) >= 11 is 6.01. The van der Waals surface area contributed by atoms with Crippen molar-refractivity contribution in [3.05, 3.63) is 34.6 Å². The molecule has 0 amide bonds. The summed E-state index contributed by atoms with van der Waals surface area (Å²) in [5, 5.41) is 13.2. The third-order valence-corrected chi connectivity index (χ3v) is 2.75. The molecule has 2 rings (SSSR count). The molecule has 17 heavy (non-hydrogen) atoms. The molecule has 0 fully saturated rings. The van der Waals surface area contributed by atoms with Gasteiger partial charge in [-0.25, -0.2) is 9.31 Å². The topological polar surface area (TPSA) is 67.4 Å². The van der Waals surface area contributed by atoms with Crippen LogP contribution in [0.2, 0.25) is 5.02 Å². The number of esters is 1. The van der Waals surface area contributed by atoms with E-state index in [4.69, 9.17) is 16.9 Å². The highest BCUT2D eigenvalue weighted by Gasteiger charge is 2.17. The summed E-state index contributed by atoms with van der Waals surface area (Å²) in [6.45, 7) is 0. The Hall–Kier alpha value is -2.06. The van der Waals surface area contributed by atoms with Gasteiger partial charge in [-0.15, -0.1) is 0 Å².